The third-order valence-corrected chi connectivity index (χ3v) is 2.35. The van der Waals surface area contributed by atoms with E-state index in [-0.39, 0.29) is 12.0 Å². The average Bonchev–Trinajstić information content (AvgIpc) is 2.03. The Balaban J connectivity index is 2.53. The van der Waals surface area contributed by atoms with Crippen LogP contribution in [0.15, 0.2) is 0 Å². The van der Waals surface area contributed by atoms with Crippen LogP contribution in [0.25, 0.3) is 0 Å². The molecule has 12 heavy (non-hydrogen) atoms. The second-order valence-corrected chi connectivity index (χ2v) is 3.25. The van der Waals surface area contributed by atoms with Crippen LogP contribution < -0.4 is 0 Å². The first kappa shape index (κ1) is 9.03. The van der Waals surface area contributed by atoms with Gasteiger partial charge in [-0.05, 0) is 19.8 Å². The summed E-state index contributed by atoms with van der Waals surface area (Å²) < 4.78 is 0. The van der Waals surface area contributed by atoms with E-state index in [2.05, 4.69) is 0 Å². The van der Waals surface area contributed by atoms with E-state index in [1.54, 1.807) is 0 Å². The molecule has 1 heterocycles. The van der Waals surface area contributed by atoms with Crippen molar-refractivity contribution in [2.75, 3.05) is 6.54 Å². The molecule has 2 unspecified atom stereocenters. The second kappa shape index (κ2) is 3.56. The van der Waals surface area contributed by atoms with Crippen molar-refractivity contribution in [2.45, 2.75) is 25.8 Å². The van der Waals surface area contributed by atoms with Crippen molar-refractivity contribution in [1.29, 1.82) is 0 Å². The number of carboxylic acid groups (broad SMARTS) is 1. The van der Waals surface area contributed by atoms with Crippen LogP contribution in [0.1, 0.15) is 19.8 Å². The Hall–Kier alpha value is -1.06. The maximum absolute atomic E-state index is 10.6. The van der Waals surface area contributed by atoms with Crippen LogP contribution in [0.4, 0.5) is 4.79 Å². The number of nitrogens with zero attached hydrogens (tertiary/aromatic N) is 1. The first-order valence-corrected chi connectivity index (χ1v) is 4.10. The Morgan fingerprint density at radius 1 is 1.67 bits per heavy atom. The van der Waals surface area contributed by atoms with Crippen molar-refractivity contribution in [3.05, 3.63) is 0 Å². The maximum Gasteiger partial charge on any atom is 0.407 e. The van der Waals surface area contributed by atoms with Crippen molar-refractivity contribution < 1.29 is 14.7 Å². The summed E-state index contributed by atoms with van der Waals surface area (Å²) in [4.78, 5) is 22.4. The normalized spacial score (nSPS) is 29.9. The molecule has 0 saturated carbocycles. The number of hydrogen-bond acceptors (Lipinski definition) is 2. The molecule has 2 atom stereocenters. The molecule has 0 spiro atoms. The standard InChI is InChI=1S/C8H13NO3/c1-6-4-7(5-10)2-3-9(6)8(11)12/h5-7H,2-4H2,1H3,(H,11,12). The Labute approximate surface area is 71.2 Å². The first-order chi connectivity index (χ1) is 5.65. The number of rotatable bonds is 1. The first-order valence-electron chi connectivity index (χ1n) is 4.10. The van der Waals surface area contributed by atoms with Gasteiger partial charge in [-0.1, -0.05) is 0 Å². The molecule has 1 aliphatic heterocycles. The number of aldehydes is 1. The van der Waals surface area contributed by atoms with Gasteiger partial charge in [-0.25, -0.2) is 4.79 Å². The van der Waals surface area contributed by atoms with Gasteiger partial charge >= 0.3 is 6.09 Å². The van der Waals surface area contributed by atoms with E-state index in [0.29, 0.717) is 19.4 Å². The summed E-state index contributed by atoms with van der Waals surface area (Å²) in [5.41, 5.74) is 0. The molecule has 1 saturated heterocycles. The highest BCUT2D eigenvalue weighted by molar-refractivity contribution is 5.66. The number of likely N-dealkylation sites (tertiary alicyclic amines) is 1. The Kier molecular flexibility index (Phi) is 2.68. The lowest BCUT2D eigenvalue weighted by Crippen LogP contribution is -2.44. The molecule has 0 radical (unpaired) electrons. The van der Waals surface area contributed by atoms with E-state index in [1.165, 1.54) is 4.90 Å². The minimum Gasteiger partial charge on any atom is -0.465 e. The molecule has 0 aliphatic carbocycles. The van der Waals surface area contributed by atoms with Crippen LogP contribution in [0.3, 0.4) is 0 Å². The van der Waals surface area contributed by atoms with Crippen LogP contribution >= 0.6 is 0 Å². The van der Waals surface area contributed by atoms with Gasteiger partial charge in [0.25, 0.3) is 0 Å². The molecule has 68 valence electrons. The van der Waals surface area contributed by atoms with Gasteiger partial charge in [0, 0.05) is 18.5 Å². The van der Waals surface area contributed by atoms with E-state index >= 15 is 0 Å². The zero-order chi connectivity index (χ0) is 9.14. The van der Waals surface area contributed by atoms with Gasteiger partial charge in [0.2, 0.25) is 0 Å². The van der Waals surface area contributed by atoms with E-state index in [1.807, 2.05) is 6.92 Å². The molecule has 4 nitrogen and oxygen atoms in total. The highest BCUT2D eigenvalue weighted by Crippen LogP contribution is 2.20. The molecular weight excluding hydrogens is 158 g/mol. The van der Waals surface area contributed by atoms with E-state index in [4.69, 9.17) is 5.11 Å². The van der Waals surface area contributed by atoms with Crippen molar-refractivity contribution >= 4 is 12.4 Å². The summed E-state index contributed by atoms with van der Waals surface area (Å²) in [5, 5.41) is 8.71. The Bertz CT molecular complexity index is 193. The number of amides is 1. The molecule has 0 bridgehead atoms. The van der Waals surface area contributed by atoms with Gasteiger partial charge in [0.15, 0.2) is 0 Å². The minimum absolute atomic E-state index is 0.0218. The average molecular weight is 171 g/mol. The summed E-state index contributed by atoms with van der Waals surface area (Å²) >= 11 is 0. The lowest BCUT2D eigenvalue weighted by Gasteiger charge is -2.33. The Morgan fingerprint density at radius 3 is 2.75 bits per heavy atom. The molecule has 1 fully saturated rings. The van der Waals surface area contributed by atoms with E-state index in [0.717, 1.165) is 6.29 Å². The summed E-state index contributed by atoms with van der Waals surface area (Å²) in [5.74, 6) is 0.0515. The van der Waals surface area contributed by atoms with Gasteiger partial charge < -0.3 is 14.8 Å². The molecular formula is C8H13NO3. The van der Waals surface area contributed by atoms with Gasteiger partial charge in [-0.15, -0.1) is 0 Å². The fourth-order valence-electron chi connectivity index (χ4n) is 1.62. The van der Waals surface area contributed by atoms with Crippen LogP contribution in [-0.2, 0) is 4.79 Å². The predicted molar refractivity (Wildman–Crippen MR) is 43.0 cm³/mol. The number of piperidine rings is 1. The summed E-state index contributed by atoms with van der Waals surface area (Å²) in [6.07, 6.45) is 1.37. The number of hydrogen-bond donors (Lipinski definition) is 1. The van der Waals surface area contributed by atoms with Crippen LogP contribution in [0, 0.1) is 5.92 Å². The third-order valence-electron chi connectivity index (χ3n) is 2.35. The van der Waals surface area contributed by atoms with Gasteiger partial charge in [0.05, 0.1) is 0 Å². The molecule has 1 amide bonds. The number of carbonyl (C=O) groups excluding carboxylic acids is 1. The number of carbonyl (C=O) groups is 2. The highest BCUT2D eigenvalue weighted by Gasteiger charge is 2.27. The summed E-state index contributed by atoms with van der Waals surface area (Å²) in [7, 11) is 0. The summed E-state index contributed by atoms with van der Waals surface area (Å²) in [6, 6.07) is -0.0218. The van der Waals surface area contributed by atoms with Crippen LogP contribution in [-0.4, -0.2) is 35.0 Å². The topological polar surface area (TPSA) is 57.6 Å². The quantitative estimate of drug-likeness (QED) is 0.598. The molecule has 0 aromatic carbocycles. The molecule has 0 aromatic heterocycles. The monoisotopic (exact) mass is 171 g/mol. The lowest BCUT2D eigenvalue weighted by atomic mass is 9.93. The lowest BCUT2D eigenvalue weighted by molar-refractivity contribution is -0.112. The molecule has 0 aromatic rings. The van der Waals surface area contributed by atoms with Crippen LogP contribution in [0.5, 0.6) is 0 Å². The Morgan fingerprint density at radius 2 is 2.33 bits per heavy atom. The summed E-state index contributed by atoms with van der Waals surface area (Å²) in [6.45, 7) is 2.32. The fraction of sp³-hybridized carbons (Fsp3) is 0.750. The van der Waals surface area contributed by atoms with Crippen molar-refractivity contribution in [3.8, 4) is 0 Å². The third kappa shape index (κ3) is 1.75. The highest BCUT2D eigenvalue weighted by atomic mass is 16.4. The van der Waals surface area contributed by atoms with Gasteiger partial charge in [0.1, 0.15) is 6.29 Å². The SMILES string of the molecule is CC1CC(C=O)CCN1C(=O)O. The van der Waals surface area contributed by atoms with Gasteiger partial charge in [-0.3, -0.25) is 0 Å². The zero-order valence-corrected chi connectivity index (χ0v) is 7.06. The minimum atomic E-state index is -0.883. The smallest absolute Gasteiger partial charge is 0.407 e. The van der Waals surface area contributed by atoms with E-state index < -0.39 is 6.09 Å². The fourth-order valence-corrected chi connectivity index (χ4v) is 1.62. The molecule has 1 aliphatic rings. The van der Waals surface area contributed by atoms with E-state index in [9.17, 15) is 9.59 Å². The second-order valence-electron chi connectivity index (χ2n) is 3.25. The van der Waals surface area contributed by atoms with Gasteiger partial charge in [-0.2, -0.15) is 0 Å². The van der Waals surface area contributed by atoms with Crippen molar-refractivity contribution in [1.82, 2.24) is 4.90 Å². The largest absolute Gasteiger partial charge is 0.465 e. The van der Waals surface area contributed by atoms with Crippen molar-refractivity contribution in [2.24, 2.45) is 5.92 Å². The van der Waals surface area contributed by atoms with Crippen molar-refractivity contribution in [3.63, 3.8) is 0 Å². The predicted octanol–water partition coefficient (Wildman–Crippen LogP) is 0.964. The molecule has 4 heteroatoms. The molecule has 1 N–H and O–H groups in total. The maximum atomic E-state index is 10.6. The zero-order valence-electron chi connectivity index (χ0n) is 7.06. The molecule has 1 rings (SSSR count). The van der Waals surface area contributed by atoms with Crippen LogP contribution in [0.2, 0.25) is 0 Å².